The number of pyridine rings is 2. The summed E-state index contributed by atoms with van der Waals surface area (Å²) in [5.74, 6) is -0.0853. The van der Waals surface area contributed by atoms with E-state index >= 15 is 0 Å². The molecule has 0 aliphatic heterocycles. The standard InChI is InChI=1S/C21H17Cl2F3NO4PS.C18H13Cl2NO3.C4H8F3OPS/c1-11-8-13(22)16(14(23)9-11)17-19(31-32(3,33)29-10-21(24,25)26)12(2)18(30-20(17)28)15-6-4-5-7-27-15;1-9-7-11(19)14(12(20)8-9)15-16(22)10(2)17(24-18(15)23)13-5-3-4-6-21-13;1-9(2,10)8-3-4(5,6)7/h4-9H,10H2,1-3H3;3-8,22H,1-2H3;3H2,1-2H3. The summed E-state index contributed by atoms with van der Waals surface area (Å²) >= 11 is 35.1. The molecule has 1 unspecified atom stereocenters. The molecule has 0 saturated heterocycles. The minimum Gasteiger partial charge on any atom is -0.507 e. The van der Waals surface area contributed by atoms with Crippen LogP contribution in [0.15, 0.2) is 91.5 Å². The van der Waals surface area contributed by atoms with Gasteiger partial charge in [0.15, 0.2) is 18.1 Å². The van der Waals surface area contributed by atoms with E-state index in [-0.39, 0.29) is 70.9 Å². The quantitative estimate of drug-likeness (QED) is 0.103. The fraction of sp³-hybridized carbons (Fsp3) is 0.256. The Hall–Kier alpha value is -3.80. The van der Waals surface area contributed by atoms with Gasteiger partial charge in [-0.1, -0.05) is 70.3 Å². The molecule has 4 aromatic heterocycles. The van der Waals surface area contributed by atoms with E-state index in [1.54, 1.807) is 87.6 Å². The summed E-state index contributed by atoms with van der Waals surface area (Å²) in [5, 5.41) is 11.4. The molecule has 0 radical (unpaired) electrons. The molecule has 360 valence electrons. The lowest BCUT2D eigenvalue weighted by Gasteiger charge is -2.23. The fourth-order valence-electron chi connectivity index (χ4n) is 5.74. The molecular formula is C43H38Cl4F6N2O8P2S2. The van der Waals surface area contributed by atoms with Crippen molar-refractivity contribution in [3.8, 4) is 56.7 Å². The highest BCUT2D eigenvalue weighted by atomic mass is 35.5. The van der Waals surface area contributed by atoms with Crippen molar-refractivity contribution in [2.75, 3.05) is 33.2 Å². The van der Waals surface area contributed by atoms with Crippen molar-refractivity contribution >= 4 is 82.8 Å². The predicted molar refractivity (Wildman–Crippen MR) is 259 cm³/mol. The SMILES string of the molecule is CP(C)(=S)OCC(F)(F)F.Cc1cc(Cl)c(-c2c(O)c(C)c(-c3ccccn3)oc2=O)c(Cl)c1.Cc1cc(Cl)c(-c2c(OP(C)(=S)OCC(F)(F)F)c(C)c(-c3ccccn3)oc2=O)c(Cl)c1. The number of hydrogen-bond acceptors (Lipinski definition) is 12. The molecule has 0 bridgehead atoms. The van der Waals surface area contributed by atoms with Crippen LogP contribution in [-0.2, 0) is 32.7 Å². The van der Waals surface area contributed by atoms with Gasteiger partial charge in [0.2, 0.25) is 6.49 Å². The van der Waals surface area contributed by atoms with Crippen molar-refractivity contribution < 1.29 is 53.9 Å². The zero-order valence-corrected chi connectivity index (χ0v) is 42.5. The molecular weight excluding hydrogens is 1050 g/mol. The maximum atomic E-state index is 13.1. The van der Waals surface area contributed by atoms with Crippen LogP contribution in [0.3, 0.4) is 0 Å². The van der Waals surface area contributed by atoms with Gasteiger partial charge in [0, 0.05) is 41.3 Å². The van der Waals surface area contributed by atoms with E-state index in [0.29, 0.717) is 17.0 Å². The van der Waals surface area contributed by atoms with Crippen molar-refractivity contribution in [2.45, 2.75) is 40.0 Å². The molecule has 6 aromatic rings. The van der Waals surface area contributed by atoms with E-state index in [1.165, 1.54) is 26.2 Å². The minimum atomic E-state index is -4.61. The molecule has 0 fully saturated rings. The molecule has 6 rings (SSSR count). The number of benzene rings is 2. The maximum Gasteiger partial charge on any atom is 0.412 e. The molecule has 2 aromatic carbocycles. The van der Waals surface area contributed by atoms with Crippen molar-refractivity contribution in [2.24, 2.45) is 0 Å². The fourth-order valence-corrected chi connectivity index (χ4v) is 9.30. The van der Waals surface area contributed by atoms with E-state index in [9.17, 15) is 41.0 Å². The number of aryl methyl sites for hydroxylation is 2. The minimum absolute atomic E-state index is 0.0535. The van der Waals surface area contributed by atoms with Gasteiger partial charge in [-0.2, -0.15) is 26.3 Å². The summed E-state index contributed by atoms with van der Waals surface area (Å²) < 4.78 is 98.5. The number of aromatic hydroxyl groups is 1. The van der Waals surface area contributed by atoms with Crippen LogP contribution in [0.4, 0.5) is 26.3 Å². The van der Waals surface area contributed by atoms with Gasteiger partial charge in [-0.15, -0.1) is 0 Å². The summed E-state index contributed by atoms with van der Waals surface area (Å²) in [5.41, 5.74) is 1.52. The molecule has 10 nitrogen and oxygen atoms in total. The number of nitrogens with zero attached hydrogens (tertiary/aromatic N) is 2. The lowest BCUT2D eigenvalue weighted by Crippen LogP contribution is -2.17. The van der Waals surface area contributed by atoms with Gasteiger partial charge < -0.3 is 27.5 Å². The molecule has 0 aliphatic carbocycles. The number of halogens is 10. The Morgan fingerprint density at radius 3 is 1.39 bits per heavy atom. The predicted octanol–water partition coefficient (Wildman–Crippen LogP) is 14.4. The monoisotopic (exact) mass is 1090 g/mol. The molecule has 0 aliphatic rings. The van der Waals surface area contributed by atoms with E-state index < -0.39 is 49.6 Å². The molecule has 0 spiro atoms. The molecule has 4 heterocycles. The first-order chi connectivity index (χ1) is 30.9. The van der Waals surface area contributed by atoms with Crippen molar-refractivity contribution in [1.82, 2.24) is 9.97 Å². The Labute approximate surface area is 410 Å². The maximum absolute atomic E-state index is 13.1. The van der Waals surface area contributed by atoms with Crippen molar-refractivity contribution in [3.63, 3.8) is 0 Å². The van der Waals surface area contributed by atoms with E-state index in [2.05, 4.69) is 26.3 Å². The van der Waals surface area contributed by atoms with Crippen LogP contribution in [0.5, 0.6) is 11.5 Å². The third-order valence-electron chi connectivity index (χ3n) is 8.57. The van der Waals surface area contributed by atoms with Crippen molar-refractivity contribution in [3.05, 3.63) is 136 Å². The Balaban J connectivity index is 0.000000251. The highest BCUT2D eigenvalue weighted by Gasteiger charge is 2.34. The second kappa shape index (κ2) is 22.7. The van der Waals surface area contributed by atoms with Gasteiger partial charge in [0.25, 0.3) is 0 Å². The summed E-state index contributed by atoms with van der Waals surface area (Å²) in [6.07, 6.45) is -7.94. The zero-order valence-electron chi connectivity index (χ0n) is 36.0. The summed E-state index contributed by atoms with van der Waals surface area (Å²) in [6.45, 7) is 4.67. The molecule has 67 heavy (non-hydrogen) atoms. The van der Waals surface area contributed by atoms with Gasteiger partial charge >= 0.3 is 23.6 Å². The average Bonchev–Trinajstić information content (AvgIpc) is 3.21. The van der Waals surface area contributed by atoms with Crippen LogP contribution in [0.2, 0.25) is 20.1 Å². The molecule has 0 saturated carbocycles. The first-order valence-corrected chi connectivity index (χ1v) is 27.1. The summed E-state index contributed by atoms with van der Waals surface area (Å²) in [4.78, 5) is 34.0. The van der Waals surface area contributed by atoms with Crippen LogP contribution in [0, 0.1) is 27.7 Å². The normalized spacial score (nSPS) is 12.6. The Morgan fingerprint density at radius 2 is 1.01 bits per heavy atom. The Bertz CT molecular complexity index is 2930. The number of hydrogen-bond donors (Lipinski definition) is 1. The Kier molecular flexibility index (Phi) is 18.9. The van der Waals surface area contributed by atoms with Crippen LogP contribution in [0.1, 0.15) is 22.3 Å². The Morgan fingerprint density at radius 1 is 0.627 bits per heavy atom. The van der Waals surface area contributed by atoms with Gasteiger partial charge in [-0.25, -0.2) is 9.59 Å². The first kappa shape index (κ1) is 55.8. The number of aromatic nitrogens is 2. The van der Waals surface area contributed by atoms with Crippen LogP contribution in [0.25, 0.3) is 45.2 Å². The number of alkyl halides is 6. The first-order valence-electron chi connectivity index (χ1n) is 18.9. The van der Waals surface area contributed by atoms with Gasteiger partial charge in [0.05, 0.1) is 26.4 Å². The van der Waals surface area contributed by atoms with Crippen LogP contribution >= 0.6 is 59.2 Å². The topological polar surface area (TPSA) is 134 Å². The molecule has 0 amide bonds. The van der Waals surface area contributed by atoms with E-state index in [0.717, 1.165) is 11.1 Å². The highest BCUT2D eigenvalue weighted by Crippen LogP contribution is 2.52. The van der Waals surface area contributed by atoms with Crippen molar-refractivity contribution in [1.29, 1.82) is 0 Å². The average molecular weight is 1090 g/mol. The zero-order chi connectivity index (χ0) is 50.4. The van der Waals surface area contributed by atoms with E-state index in [1.807, 2.05) is 6.92 Å². The third-order valence-corrected chi connectivity index (χ3v) is 12.5. The third kappa shape index (κ3) is 15.9. The largest absolute Gasteiger partial charge is 0.507 e. The van der Waals surface area contributed by atoms with Crippen LogP contribution in [-0.4, -0.2) is 60.6 Å². The second-order valence-corrected chi connectivity index (χ2v) is 25.6. The van der Waals surface area contributed by atoms with E-state index in [4.69, 9.17) is 76.1 Å². The number of rotatable bonds is 10. The van der Waals surface area contributed by atoms with Gasteiger partial charge in [-0.05, 0) is 112 Å². The highest BCUT2D eigenvalue weighted by molar-refractivity contribution is 8.11. The molecule has 24 heteroatoms. The molecule has 1 N–H and O–H groups in total. The van der Waals surface area contributed by atoms with Gasteiger partial charge in [0.1, 0.15) is 40.6 Å². The second-order valence-electron chi connectivity index (χ2n) is 14.6. The smallest absolute Gasteiger partial charge is 0.412 e. The van der Waals surface area contributed by atoms with Crippen LogP contribution < -0.4 is 15.8 Å². The van der Waals surface area contributed by atoms with Gasteiger partial charge in [-0.3, -0.25) is 9.97 Å². The lowest BCUT2D eigenvalue weighted by molar-refractivity contribution is -0.153. The summed E-state index contributed by atoms with van der Waals surface area (Å²) in [7, 11) is 0. The summed E-state index contributed by atoms with van der Waals surface area (Å²) in [6, 6.07) is 16.7. The lowest BCUT2D eigenvalue weighted by atomic mass is 10.0. The molecule has 1 atom stereocenters.